The van der Waals surface area contributed by atoms with Gasteiger partial charge in [0.15, 0.2) is 5.78 Å². The SMILES string of the molecule is COC1(OC)C(=O)[C@H]2C=C[C@H]1C[C@H]2C(C)=O. The van der Waals surface area contributed by atoms with Crippen LogP contribution in [-0.2, 0) is 19.1 Å². The molecule has 2 bridgehead atoms. The van der Waals surface area contributed by atoms with Crippen LogP contribution in [0, 0.1) is 17.8 Å². The number of carbonyl (C=O) groups excluding carboxylic acids is 2. The third-order valence-corrected chi connectivity index (χ3v) is 3.76. The zero-order valence-corrected chi connectivity index (χ0v) is 9.73. The Morgan fingerprint density at radius 3 is 2.44 bits per heavy atom. The van der Waals surface area contributed by atoms with E-state index in [4.69, 9.17) is 9.47 Å². The fourth-order valence-electron chi connectivity index (χ4n) is 2.86. The Bertz CT molecular complexity index is 354. The molecule has 0 saturated heterocycles. The minimum Gasteiger partial charge on any atom is -0.347 e. The highest BCUT2D eigenvalue weighted by atomic mass is 16.7. The predicted molar refractivity (Wildman–Crippen MR) is 56.7 cm³/mol. The van der Waals surface area contributed by atoms with Crippen molar-refractivity contribution in [1.82, 2.24) is 0 Å². The smallest absolute Gasteiger partial charge is 0.235 e. The number of ether oxygens (including phenoxy) is 2. The minimum atomic E-state index is -1.18. The summed E-state index contributed by atoms with van der Waals surface area (Å²) in [5, 5.41) is 0. The second-order valence-corrected chi connectivity index (χ2v) is 4.41. The summed E-state index contributed by atoms with van der Waals surface area (Å²) in [6.07, 6.45) is 4.38. The maximum Gasteiger partial charge on any atom is 0.235 e. The first-order valence-corrected chi connectivity index (χ1v) is 5.40. The number of hydrogen-bond donors (Lipinski definition) is 0. The standard InChI is InChI=1S/C12H16O4/c1-7(13)10-6-8-4-5-9(10)11(14)12(8,15-2)16-3/h4-5,8-10H,6H2,1-3H3/t8-,9-,10-/m0/s1. The van der Waals surface area contributed by atoms with Crippen molar-refractivity contribution >= 4 is 11.6 Å². The molecule has 0 aromatic carbocycles. The van der Waals surface area contributed by atoms with Gasteiger partial charge in [-0.1, -0.05) is 12.2 Å². The molecule has 16 heavy (non-hydrogen) atoms. The van der Waals surface area contributed by atoms with Crippen molar-refractivity contribution in [3.63, 3.8) is 0 Å². The number of rotatable bonds is 3. The van der Waals surface area contributed by atoms with Crippen LogP contribution < -0.4 is 0 Å². The Hall–Kier alpha value is -1.00. The van der Waals surface area contributed by atoms with Crippen molar-refractivity contribution in [2.45, 2.75) is 19.1 Å². The lowest BCUT2D eigenvalue weighted by molar-refractivity contribution is -0.239. The molecule has 0 spiro atoms. The van der Waals surface area contributed by atoms with Gasteiger partial charge in [-0.15, -0.1) is 0 Å². The summed E-state index contributed by atoms with van der Waals surface area (Å²) in [6.45, 7) is 1.54. The Balaban J connectivity index is 2.39. The summed E-state index contributed by atoms with van der Waals surface area (Å²) in [5.41, 5.74) is 0. The Labute approximate surface area is 94.6 Å². The zero-order chi connectivity index (χ0) is 11.9. The lowest BCUT2D eigenvalue weighted by Crippen LogP contribution is -2.59. The summed E-state index contributed by atoms with van der Waals surface area (Å²) in [5.74, 6) is -1.99. The molecule has 88 valence electrons. The van der Waals surface area contributed by atoms with E-state index in [0.717, 1.165) is 0 Å². The average Bonchev–Trinajstić information content (AvgIpc) is 2.30. The van der Waals surface area contributed by atoms with Crippen LogP contribution >= 0.6 is 0 Å². The molecule has 0 unspecified atom stereocenters. The van der Waals surface area contributed by atoms with E-state index in [9.17, 15) is 9.59 Å². The highest BCUT2D eigenvalue weighted by Crippen LogP contribution is 2.46. The molecule has 1 saturated carbocycles. The molecule has 3 atom stereocenters. The van der Waals surface area contributed by atoms with E-state index in [1.165, 1.54) is 21.1 Å². The molecule has 0 aromatic rings. The average molecular weight is 224 g/mol. The number of ketones is 2. The van der Waals surface area contributed by atoms with Crippen molar-refractivity contribution < 1.29 is 19.1 Å². The molecular formula is C12H16O4. The molecule has 3 rings (SSSR count). The lowest BCUT2D eigenvalue weighted by Gasteiger charge is -2.47. The van der Waals surface area contributed by atoms with Crippen LogP contribution in [0.15, 0.2) is 12.2 Å². The maximum absolute atomic E-state index is 12.2. The number of fused-ring (bicyclic) bond motifs is 2. The summed E-state index contributed by atoms with van der Waals surface area (Å²) >= 11 is 0. The van der Waals surface area contributed by atoms with E-state index >= 15 is 0 Å². The molecule has 3 aliphatic rings. The van der Waals surface area contributed by atoms with Crippen LogP contribution in [0.1, 0.15) is 13.3 Å². The second kappa shape index (κ2) is 3.79. The monoisotopic (exact) mass is 224 g/mol. The molecule has 3 aliphatic carbocycles. The van der Waals surface area contributed by atoms with E-state index in [2.05, 4.69) is 0 Å². The fraction of sp³-hybridized carbons (Fsp3) is 0.667. The first-order chi connectivity index (χ1) is 7.56. The molecule has 0 radical (unpaired) electrons. The third-order valence-electron chi connectivity index (χ3n) is 3.76. The van der Waals surface area contributed by atoms with E-state index in [0.29, 0.717) is 6.42 Å². The van der Waals surface area contributed by atoms with Crippen LogP contribution in [0.25, 0.3) is 0 Å². The molecule has 1 fully saturated rings. The quantitative estimate of drug-likeness (QED) is 0.529. The molecule has 0 heterocycles. The third kappa shape index (κ3) is 1.30. The van der Waals surface area contributed by atoms with Crippen LogP contribution in [0.4, 0.5) is 0 Å². The van der Waals surface area contributed by atoms with Gasteiger partial charge in [-0.2, -0.15) is 0 Å². The molecule has 4 heteroatoms. The molecule has 0 N–H and O–H groups in total. The van der Waals surface area contributed by atoms with Gasteiger partial charge < -0.3 is 9.47 Å². The van der Waals surface area contributed by atoms with Crippen molar-refractivity contribution in [1.29, 1.82) is 0 Å². The number of carbonyl (C=O) groups is 2. The Morgan fingerprint density at radius 1 is 1.38 bits per heavy atom. The minimum absolute atomic E-state index is 0.0634. The normalized spacial score (nSPS) is 35.4. The van der Waals surface area contributed by atoms with Crippen molar-refractivity contribution in [2.24, 2.45) is 17.8 Å². The number of hydrogen-bond acceptors (Lipinski definition) is 4. The zero-order valence-electron chi connectivity index (χ0n) is 9.73. The van der Waals surface area contributed by atoms with E-state index < -0.39 is 5.79 Å². The van der Waals surface area contributed by atoms with Crippen molar-refractivity contribution in [3.05, 3.63) is 12.2 Å². The summed E-state index contributed by atoms with van der Waals surface area (Å²) in [7, 11) is 2.94. The van der Waals surface area contributed by atoms with Crippen molar-refractivity contribution in [3.8, 4) is 0 Å². The van der Waals surface area contributed by atoms with Gasteiger partial charge in [0.05, 0.1) is 5.92 Å². The molecule has 4 nitrogen and oxygen atoms in total. The van der Waals surface area contributed by atoms with Crippen LogP contribution in [0.3, 0.4) is 0 Å². The van der Waals surface area contributed by atoms with Gasteiger partial charge in [0, 0.05) is 26.1 Å². The van der Waals surface area contributed by atoms with Crippen LogP contribution in [-0.4, -0.2) is 31.6 Å². The number of methoxy groups -OCH3 is 2. The van der Waals surface area contributed by atoms with Gasteiger partial charge >= 0.3 is 0 Å². The first kappa shape index (κ1) is 11.5. The van der Waals surface area contributed by atoms with Gasteiger partial charge in [-0.25, -0.2) is 0 Å². The van der Waals surface area contributed by atoms with E-state index in [1.807, 2.05) is 12.2 Å². The molecule has 0 aliphatic heterocycles. The number of allylic oxidation sites excluding steroid dienone is 1. The molecular weight excluding hydrogens is 208 g/mol. The summed E-state index contributed by atoms with van der Waals surface area (Å²) in [6, 6.07) is 0. The fourth-order valence-corrected chi connectivity index (χ4v) is 2.86. The maximum atomic E-state index is 12.2. The summed E-state index contributed by atoms with van der Waals surface area (Å²) < 4.78 is 10.5. The highest BCUT2D eigenvalue weighted by Gasteiger charge is 2.57. The second-order valence-electron chi connectivity index (χ2n) is 4.41. The van der Waals surface area contributed by atoms with E-state index in [1.54, 1.807) is 0 Å². The number of Topliss-reactive ketones (excluding diaryl/α,β-unsaturated/α-hetero) is 2. The van der Waals surface area contributed by atoms with Gasteiger partial charge in [0.25, 0.3) is 0 Å². The van der Waals surface area contributed by atoms with Crippen molar-refractivity contribution in [2.75, 3.05) is 14.2 Å². The molecule has 0 amide bonds. The van der Waals surface area contributed by atoms with Gasteiger partial charge in [0.1, 0.15) is 5.78 Å². The topological polar surface area (TPSA) is 52.6 Å². The first-order valence-electron chi connectivity index (χ1n) is 5.40. The molecule has 0 aromatic heterocycles. The Morgan fingerprint density at radius 2 is 2.00 bits per heavy atom. The predicted octanol–water partition coefficient (Wildman–Crippen LogP) is 0.956. The van der Waals surface area contributed by atoms with Gasteiger partial charge in [0.2, 0.25) is 5.79 Å². The van der Waals surface area contributed by atoms with Gasteiger partial charge in [-0.05, 0) is 13.3 Å². The largest absolute Gasteiger partial charge is 0.347 e. The summed E-state index contributed by atoms with van der Waals surface area (Å²) in [4.78, 5) is 23.7. The van der Waals surface area contributed by atoms with E-state index in [-0.39, 0.29) is 29.3 Å². The van der Waals surface area contributed by atoms with Crippen LogP contribution in [0.2, 0.25) is 0 Å². The van der Waals surface area contributed by atoms with Crippen LogP contribution in [0.5, 0.6) is 0 Å². The lowest BCUT2D eigenvalue weighted by atomic mass is 9.64. The van der Waals surface area contributed by atoms with Gasteiger partial charge in [-0.3, -0.25) is 9.59 Å². The Kier molecular flexibility index (Phi) is 2.72. The highest BCUT2D eigenvalue weighted by molar-refractivity contribution is 5.97.